The minimum Gasteiger partial charge on any atom is -0.323 e. The standard InChI is InChI=1S/C18H14N8/c19-26-11-13(9-23-26)15-10-22-18-17(21-7-8-25(15)18)24-16-14-4-2-1-3-12(14)5-6-20-16/h1-11H,19H2,(H,20,21,24). The van der Waals surface area contributed by atoms with Gasteiger partial charge in [0.25, 0.3) is 0 Å². The third-order valence-corrected chi connectivity index (χ3v) is 4.24. The van der Waals surface area contributed by atoms with Gasteiger partial charge in [-0.05, 0) is 11.5 Å². The Hall–Kier alpha value is -3.94. The van der Waals surface area contributed by atoms with Gasteiger partial charge in [-0.3, -0.25) is 4.40 Å². The van der Waals surface area contributed by atoms with E-state index in [0.29, 0.717) is 11.5 Å². The predicted molar refractivity (Wildman–Crippen MR) is 99.4 cm³/mol. The zero-order valence-corrected chi connectivity index (χ0v) is 13.6. The van der Waals surface area contributed by atoms with Crippen molar-refractivity contribution in [3.8, 4) is 11.3 Å². The smallest absolute Gasteiger partial charge is 0.180 e. The van der Waals surface area contributed by atoms with Gasteiger partial charge in [0.2, 0.25) is 0 Å². The SMILES string of the molecule is Nn1cc(-c2cnc3c(Nc4nccc5ccccc45)nccn23)cn1. The molecule has 1 aromatic carbocycles. The van der Waals surface area contributed by atoms with Gasteiger partial charge in [0, 0.05) is 29.5 Å². The Morgan fingerprint density at radius 2 is 1.81 bits per heavy atom. The molecular formula is C18H14N8. The normalized spacial score (nSPS) is 11.2. The minimum absolute atomic E-state index is 0.628. The summed E-state index contributed by atoms with van der Waals surface area (Å²) in [4.78, 5) is 14.7. The predicted octanol–water partition coefficient (Wildman–Crippen LogP) is 2.60. The molecule has 0 saturated heterocycles. The summed E-state index contributed by atoms with van der Waals surface area (Å²) in [5.41, 5.74) is 2.45. The number of nitrogens with zero attached hydrogens (tertiary/aromatic N) is 6. The van der Waals surface area contributed by atoms with Crippen molar-refractivity contribution in [2.24, 2.45) is 0 Å². The molecule has 126 valence electrons. The summed E-state index contributed by atoms with van der Waals surface area (Å²) >= 11 is 0. The largest absolute Gasteiger partial charge is 0.323 e. The molecule has 0 fully saturated rings. The molecule has 0 bridgehead atoms. The van der Waals surface area contributed by atoms with Crippen LogP contribution in [0.5, 0.6) is 0 Å². The van der Waals surface area contributed by atoms with E-state index in [1.54, 1.807) is 31.0 Å². The molecule has 0 aliphatic carbocycles. The number of benzene rings is 1. The van der Waals surface area contributed by atoms with Crippen molar-refractivity contribution in [1.29, 1.82) is 0 Å². The van der Waals surface area contributed by atoms with E-state index in [0.717, 1.165) is 27.8 Å². The number of aromatic nitrogens is 6. The third-order valence-electron chi connectivity index (χ3n) is 4.24. The second kappa shape index (κ2) is 5.55. The number of fused-ring (bicyclic) bond motifs is 2. The molecular weight excluding hydrogens is 328 g/mol. The fourth-order valence-corrected chi connectivity index (χ4v) is 3.02. The average molecular weight is 342 g/mol. The zero-order valence-electron chi connectivity index (χ0n) is 13.6. The Balaban J connectivity index is 1.62. The summed E-state index contributed by atoms with van der Waals surface area (Å²) < 4.78 is 1.94. The molecule has 5 aromatic rings. The Morgan fingerprint density at radius 3 is 2.69 bits per heavy atom. The minimum atomic E-state index is 0.628. The maximum Gasteiger partial charge on any atom is 0.180 e. The molecule has 8 heteroatoms. The van der Waals surface area contributed by atoms with Crippen LogP contribution in [0.2, 0.25) is 0 Å². The lowest BCUT2D eigenvalue weighted by atomic mass is 10.1. The van der Waals surface area contributed by atoms with Gasteiger partial charge in [0.05, 0.1) is 24.3 Å². The fourth-order valence-electron chi connectivity index (χ4n) is 3.02. The van der Waals surface area contributed by atoms with Gasteiger partial charge in [-0.25, -0.2) is 15.0 Å². The maximum absolute atomic E-state index is 5.66. The number of imidazole rings is 1. The monoisotopic (exact) mass is 342 g/mol. The first-order valence-corrected chi connectivity index (χ1v) is 8.02. The van der Waals surface area contributed by atoms with Crippen LogP contribution in [0.25, 0.3) is 27.7 Å². The van der Waals surface area contributed by atoms with Crippen LogP contribution in [0.4, 0.5) is 11.6 Å². The number of nitrogen functional groups attached to an aromatic ring is 1. The number of hydrogen-bond donors (Lipinski definition) is 2. The van der Waals surface area contributed by atoms with E-state index in [9.17, 15) is 0 Å². The molecule has 0 aliphatic heterocycles. The molecule has 3 N–H and O–H groups in total. The van der Waals surface area contributed by atoms with Crippen molar-refractivity contribution in [2.75, 3.05) is 11.2 Å². The summed E-state index contributed by atoms with van der Waals surface area (Å²) in [5, 5.41) is 9.46. The topological polar surface area (TPSA) is 99.0 Å². The fraction of sp³-hybridized carbons (Fsp3) is 0. The lowest BCUT2D eigenvalue weighted by molar-refractivity contribution is 0.832. The second-order valence-corrected chi connectivity index (χ2v) is 5.83. The van der Waals surface area contributed by atoms with Gasteiger partial charge >= 0.3 is 0 Å². The van der Waals surface area contributed by atoms with Crippen LogP contribution >= 0.6 is 0 Å². The van der Waals surface area contributed by atoms with E-state index in [-0.39, 0.29) is 0 Å². The van der Waals surface area contributed by atoms with Crippen LogP contribution in [0, 0.1) is 0 Å². The van der Waals surface area contributed by atoms with Gasteiger partial charge in [-0.15, -0.1) is 0 Å². The third kappa shape index (κ3) is 2.24. The Kier molecular flexibility index (Phi) is 3.08. The molecule has 0 atom stereocenters. The number of pyridine rings is 1. The van der Waals surface area contributed by atoms with Crippen LogP contribution in [-0.4, -0.2) is 29.2 Å². The number of hydrogen-bond acceptors (Lipinski definition) is 6. The summed E-state index contributed by atoms with van der Waals surface area (Å²) in [6.07, 6.45) is 10.6. The van der Waals surface area contributed by atoms with E-state index in [2.05, 4.69) is 25.4 Å². The lowest BCUT2D eigenvalue weighted by Gasteiger charge is -2.09. The van der Waals surface area contributed by atoms with Crippen LogP contribution < -0.4 is 11.2 Å². The van der Waals surface area contributed by atoms with Gasteiger partial charge < -0.3 is 11.2 Å². The molecule has 0 unspecified atom stereocenters. The maximum atomic E-state index is 5.66. The van der Waals surface area contributed by atoms with Crippen molar-refractivity contribution in [1.82, 2.24) is 29.2 Å². The Morgan fingerprint density at radius 1 is 0.923 bits per heavy atom. The summed E-state index contributed by atoms with van der Waals surface area (Å²) in [6.45, 7) is 0. The zero-order chi connectivity index (χ0) is 17.5. The van der Waals surface area contributed by atoms with Crippen molar-refractivity contribution in [3.63, 3.8) is 0 Å². The molecule has 0 amide bonds. The van der Waals surface area contributed by atoms with Gasteiger partial charge in [-0.1, -0.05) is 24.3 Å². The lowest BCUT2D eigenvalue weighted by Crippen LogP contribution is -2.07. The highest BCUT2D eigenvalue weighted by Gasteiger charge is 2.13. The summed E-state index contributed by atoms with van der Waals surface area (Å²) in [5.74, 6) is 7.02. The first-order chi connectivity index (χ1) is 12.8. The van der Waals surface area contributed by atoms with Crippen LogP contribution in [0.3, 0.4) is 0 Å². The van der Waals surface area contributed by atoms with Gasteiger partial charge in [0.15, 0.2) is 11.5 Å². The molecule has 0 aliphatic rings. The Bertz CT molecular complexity index is 1230. The van der Waals surface area contributed by atoms with Gasteiger partial charge in [0.1, 0.15) is 5.82 Å². The molecule has 5 rings (SSSR count). The molecule has 0 saturated carbocycles. The van der Waals surface area contributed by atoms with Crippen LogP contribution in [0.1, 0.15) is 0 Å². The summed E-state index contributed by atoms with van der Waals surface area (Å²) in [7, 11) is 0. The molecule has 26 heavy (non-hydrogen) atoms. The van der Waals surface area contributed by atoms with E-state index < -0.39 is 0 Å². The van der Waals surface area contributed by atoms with Crippen LogP contribution in [-0.2, 0) is 0 Å². The molecule has 0 spiro atoms. The van der Waals surface area contributed by atoms with Crippen molar-refractivity contribution in [2.45, 2.75) is 0 Å². The van der Waals surface area contributed by atoms with E-state index >= 15 is 0 Å². The average Bonchev–Trinajstić information content (AvgIpc) is 3.28. The first kappa shape index (κ1) is 14.4. The molecule has 8 nitrogen and oxygen atoms in total. The van der Waals surface area contributed by atoms with E-state index in [1.165, 1.54) is 4.79 Å². The molecule has 4 heterocycles. The Labute approximate surface area is 147 Å². The first-order valence-electron chi connectivity index (χ1n) is 8.02. The van der Waals surface area contributed by atoms with Crippen molar-refractivity contribution < 1.29 is 0 Å². The van der Waals surface area contributed by atoms with E-state index in [4.69, 9.17) is 5.84 Å². The summed E-state index contributed by atoms with van der Waals surface area (Å²) in [6, 6.07) is 10.0. The van der Waals surface area contributed by atoms with Crippen molar-refractivity contribution in [3.05, 3.63) is 67.5 Å². The van der Waals surface area contributed by atoms with Gasteiger partial charge in [-0.2, -0.15) is 9.89 Å². The highest BCUT2D eigenvalue weighted by atomic mass is 15.5. The highest BCUT2D eigenvalue weighted by Crippen LogP contribution is 2.27. The number of nitrogens with one attached hydrogen (secondary N) is 1. The highest BCUT2D eigenvalue weighted by molar-refractivity contribution is 5.93. The quantitative estimate of drug-likeness (QED) is 0.489. The second-order valence-electron chi connectivity index (χ2n) is 5.83. The molecule has 4 aromatic heterocycles. The molecule has 0 radical (unpaired) electrons. The van der Waals surface area contributed by atoms with E-state index in [1.807, 2.05) is 40.9 Å². The number of anilines is 2. The van der Waals surface area contributed by atoms with Crippen LogP contribution in [0.15, 0.2) is 67.5 Å². The number of nitrogens with two attached hydrogens (primary N) is 1. The van der Waals surface area contributed by atoms with Crippen molar-refractivity contribution >= 4 is 28.1 Å². The number of rotatable bonds is 3.